The van der Waals surface area contributed by atoms with Crippen LogP contribution in [0.1, 0.15) is 38.8 Å². The van der Waals surface area contributed by atoms with E-state index in [9.17, 15) is 9.18 Å². The van der Waals surface area contributed by atoms with E-state index >= 15 is 0 Å². The van der Waals surface area contributed by atoms with E-state index in [1.165, 1.54) is 13.2 Å². The second-order valence-electron chi connectivity index (χ2n) is 6.56. The first-order chi connectivity index (χ1) is 11.4. The molecule has 0 saturated carbocycles. The zero-order valence-electron chi connectivity index (χ0n) is 14.8. The van der Waals surface area contributed by atoms with Crippen LogP contribution in [0.4, 0.5) is 9.18 Å². The van der Waals surface area contributed by atoms with Gasteiger partial charge in [0.1, 0.15) is 11.6 Å². The highest BCUT2D eigenvalue weighted by atomic mass is 19.1. The van der Waals surface area contributed by atoms with Gasteiger partial charge in [0.2, 0.25) is 0 Å². The molecule has 1 aliphatic heterocycles. The number of rotatable bonds is 6. The fourth-order valence-corrected chi connectivity index (χ4v) is 3.27. The van der Waals surface area contributed by atoms with Crippen LogP contribution in [0.3, 0.4) is 0 Å². The van der Waals surface area contributed by atoms with Crippen molar-refractivity contribution in [3.8, 4) is 5.75 Å². The molecule has 6 heteroatoms. The third-order valence-corrected chi connectivity index (χ3v) is 4.46. The molecular formula is C18H27FN2O3. The average molecular weight is 338 g/mol. The number of amides is 2. The fraction of sp³-hybridized carbons (Fsp3) is 0.611. The molecule has 1 heterocycles. The number of ether oxygens (including phenoxy) is 2. The molecule has 1 aromatic carbocycles. The molecule has 3 atom stereocenters. The fourth-order valence-electron chi connectivity index (χ4n) is 3.27. The van der Waals surface area contributed by atoms with Crippen LogP contribution < -0.4 is 15.4 Å². The molecular weight excluding hydrogens is 311 g/mol. The topological polar surface area (TPSA) is 59.6 Å². The first kappa shape index (κ1) is 18.5. The first-order valence-corrected chi connectivity index (χ1v) is 8.42. The lowest BCUT2D eigenvalue weighted by atomic mass is 9.93. The molecule has 2 rings (SSSR count). The summed E-state index contributed by atoms with van der Waals surface area (Å²) in [4.78, 5) is 12.1. The van der Waals surface area contributed by atoms with Crippen molar-refractivity contribution in [2.24, 2.45) is 11.8 Å². The Kier molecular flexibility index (Phi) is 6.43. The summed E-state index contributed by atoms with van der Waals surface area (Å²) in [5, 5.41) is 5.64. The van der Waals surface area contributed by atoms with E-state index in [-0.39, 0.29) is 12.1 Å². The summed E-state index contributed by atoms with van der Waals surface area (Å²) in [5.41, 5.74) is 0.347. The Bertz CT molecular complexity index is 565. The van der Waals surface area contributed by atoms with Crippen molar-refractivity contribution >= 4 is 6.03 Å². The number of hydrogen-bond donors (Lipinski definition) is 2. The zero-order chi connectivity index (χ0) is 17.7. The molecule has 1 fully saturated rings. The molecule has 0 aromatic heterocycles. The van der Waals surface area contributed by atoms with Crippen molar-refractivity contribution < 1.29 is 18.7 Å². The van der Waals surface area contributed by atoms with E-state index in [0.717, 1.165) is 13.0 Å². The van der Waals surface area contributed by atoms with Gasteiger partial charge in [0.25, 0.3) is 0 Å². The summed E-state index contributed by atoms with van der Waals surface area (Å²) >= 11 is 0. The number of nitrogens with one attached hydrogen (secondary N) is 2. The van der Waals surface area contributed by atoms with Crippen LogP contribution in [0.25, 0.3) is 0 Å². The smallest absolute Gasteiger partial charge is 0.315 e. The summed E-state index contributed by atoms with van der Waals surface area (Å²) in [6.45, 7) is 7.26. The van der Waals surface area contributed by atoms with E-state index in [2.05, 4.69) is 24.5 Å². The second kappa shape index (κ2) is 8.33. The van der Waals surface area contributed by atoms with Gasteiger partial charge in [-0.3, -0.25) is 0 Å². The van der Waals surface area contributed by atoms with Crippen molar-refractivity contribution in [3.63, 3.8) is 0 Å². The minimum absolute atomic E-state index is 0.175. The monoisotopic (exact) mass is 338 g/mol. The second-order valence-corrected chi connectivity index (χ2v) is 6.56. The van der Waals surface area contributed by atoms with Gasteiger partial charge >= 0.3 is 6.03 Å². The van der Waals surface area contributed by atoms with Crippen molar-refractivity contribution in [1.82, 2.24) is 10.6 Å². The highest BCUT2D eigenvalue weighted by Gasteiger charge is 2.30. The summed E-state index contributed by atoms with van der Waals surface area (Å²) < 4.78 is 24.9. The van der Waals surface area contributed by atoms with E-state index in [1.807, 2.05) is 0 Å². The molecule has 2 amide bonds. The molecule has 1 aromatic rings. The normalized spacial score (nSPS) is 21.6. The van der Waals surface area contributed by atoms with E-state index in [1.54, 1.807) is 19.1 Å². The van der Waals surface area contributed by atoms with Crippen LogP contribution in [0.5, 0.6) is 5.75 Å². The van der Waals surface area contributed by atoms with Crippen molar-refractivity contribution in [2.45, 2.75) is 39.3 Å². The Morgan fingerprint density at radius 2 is 2.17 bits per heavy atom. The highest BCUT2D eigenvalue weighted by Crippen LogP contribution is 2.28. The Morgan fingerprint density at radius 1 is 1.42 bits per heavy atom. The Morgan fingerprint density at radius 3 is 2.83 bits per heavy atom. The maximum absolute atomic E-state index is 14.0. The predicted octanol–water partition coefficient (Wildman–Crippen LogP) is 3.26. The number of hydrogen-bond acceptors (Lipinski definition) is 3. The van der Waals surface area contributed by atoms with Crippen LogP contribution in [0.15, 0.2) is 18.2 Å². The lowest BCUT2D eigenvalue weighted by molar-refractivity contribution is 0.0545. The van der Waals surface area contributed by atoms with Gasteiger partial charge in [0.15, 0.2) is 0 Å². The number of carbonyl (C=O) groups excluding carboxylic acids is 1. The minimum atomic E-state index is -0.498. The van der Waals surface area contributed by atoms with Crippen LogP contribution in [-0.2, 0) is 4.74 Å². The molecule has 0 radical (unpaired) electrons. The molecule has 134 valence electrons. The van der Waals surface area contributed by atoms with E-state index < -0.39 is 11.9 Å². The van der Waals surface area contributed by atoms with Gasteiger partial charge in [0, 0.05) is 19.1 Å². The number of benzene rings is 1. The third-order valence-electron chi connectivity index (χ3n) is 4.46. The number of carbonyl (C=O) groups is 1. The maximum Gasteiger partial charge on any atom is 0.315 e. The highest BCUT2D eigenvalue weighted by molar-refractivity contribution is 5.74. The first-order valence-electron chi connectivity index (χ1n) is 8.42. The van der Waals surface area contributed by atoms with Crippen LogP contribution in [0, 0.1) is 17.7 Å². The maximum atomic E-state index is 14.0. The Hall–Kier alpha value is -1.82. The van der Waals surface area contributed by atoms with Crippen LogP contribution in [0.2, 0.25) is 0 Å². The molecule has 0 unspecified atom stereocenters. The van der Waals surface area contributed by atoms with Gasteiger partial charge in [-0.1, -0.05) is 19.9 Å². The Labute approximate surface area is 142 Å². The minimum Gasteiger partial charge on any atom is -0.496 e. The van der Waals surface area contributed by atoms with Gasteiger partial charge in [-0.15, -0.1) is 0 Å². The molecule has 1 aliphatic rings. The zero-order valence-corrected chi connectivity index (χ0v) is 14.8. The van der Waals surface area contributed by atoms with Gasteiger partial charge in [-0.05, 0) is 31.4 Å². The van der Waals surface area contributed by atoms with Gasteiger partial charge in [-0.2, -0.15) is 0 Å². The quantitative estimate of drug-likeness (QED) is 0.837. The molecule has 24 heavy (non-hydrogen) atoms. The summed E-state index contributed by atoms with van der Waals surface area (Å²) in [6.07, 6.45) is 1.12. The van der Waals surface area contributed by atoms with Crippen LogP contribution in [-0.4, -0.2) is 32.4 Å². The van der Waals surface area contributed by atoms with E-state index in [4.69, 9.17) is 9.47 Å². The van der Waals surface area contributed by atoms with E-state index in [0.29, 0.717) is 29.7 Å². The van der Waals surface area contributed by atoms with Crippen LogP contribution >= 0.6 is 0 Å². The number of urea groups is 1. The summed E-state index contributed by atoms with van der Waals surface area (Å²) in [6, 6.07) is 3.80. The number of halogens is 1. The predicted molar refractivity (Wildman–Crippen MR) is 90.6 cm³/mol. The number of methoxy groups -OCH3 is 1. The molecule has 1 saturated heterocycles. The molecule has 5 nitrogen and oxygen atoms in total. The molecule has 0 spiro atoms. The standard InChI is InChI=1S/C18H27FN2O3/c1-11(2)17-13(8-9-24-17)10-20-18(22)21-12(3)16-14(19)6-5-7-15(16)23-4/h5-7,11-13,17H,8-10H2,1-4H3,(H2,20,21,22)/t12-,13+,17-/m0/s1. The lowest BCUT2D eigenvalue weighted by Crippen LogP contribution is -2.41. The average Bonchev–Trinajstić information content (AvgIpc) is 3.01. The van der Waals surface area contributed by atoms with Crippen molar-refractivity contribution in [2.75, 3.05) is 20.3 Å². The molecule has 0 aliphatic carbocycles. The SMILES string of the molecule is COc1cccc(F)c1[C@H](C)NC(=O)NC[C@H]1CCO[C@H]1C(C)C. The molecule has 2 N–H and O–H groups in total. The van der Waals surface area contributed by atoms with Gasteiger partial charge in [-0.25, -0.2) is 9.18 Å². The lowest BCUT2D eigenvalue weighted by Gasteiger charge is -2.23. The summed E-state index contributed by atoms with van der Waals surface area (Å²) in [5.74, 6) is 0.760. The van der Waals surface area contributed by atoms with Gasteiger partial charge in [0.05, 0.1) is 24.8 Å². The van der Waals surface area contributed by atoms with Crippen molar-refractivity contribution in [3.05, 3.63) is 29.6 Å². The Balaban J connectivity index is 1.91. The summed E-state index contributed by atoms with van der Waals surface area (Å²) in [7, 11) is 1.48. The largest absolute Gasteiger partial charge is 0.496 e. The van der Waals surface area contributed by atoms with Crippen molar-refractivity contribution in [1.29, 1.82) is 0 Å². The van der Waals surface area contributed by atoms with Gasteiger partial charge < -0.3 is 20.1 Å². The third kappa shape index (κ3) is 4.38. The molecule has 0 bridgehead atoms.